The smallest absolute Gasteiger partial charge is 0.365 e. The van der Waals surface area contributed by atoms with Gasteiger partial charge in [-0.15, -0.1) is 0 Å². The van der Waals surface area contributed by atoms with Crippen LogP contribution in [0.1, 0.15) is 37.8 Å². The molecule has 0 radical (unpaired) electrons. The Labute approximate surface area is 166 Å². The fourth-order valence-corrected chi connectivity index (χ4v) is 4.01. The molecule has 6 nitrogen and oxygen atoms in total. The van der Waals surface area contributed by atoms with Crippen molar-refractivity contribution in [3.63, 3.8) is 0 Å². The van der Waals surface area contributed by atoms with Gasteiger partial charge in [-0.1, -0.05) is 12.8 Å². The maximum absolute atomic E-state index is 13.3. The van der Waals surface area contributed by atoms with Crippen LogP contribution in [0.3, 0.4) is 0 Å². The Morgan fingerprint density at radius 3 is 2.66 bits per heavy atom. The molecule has 2 fully saturated rings. The first-order valence-corrected chi connectivity index (χ1v) is 9.82. The van der Waals surface area contributed by atoms with E-state index in [1.807, 2.05) is 4.90 Å². The lowest BCUT2D eigenvalue weighted by Crippen LogP contribution is -2.35. The highest BCUT2D eigenvalue weighted by Crippen LogP contribution is 2.32. The number of pyridine rings is 1. The SMILES string of the molecule is O=C(C1CCCC1)N1CCC(Nc2cc(C(F)(F)F)nc(-c3cccnc3)n2)C1. The third kappa shape index (κ3) is 4.49. The number of anilines is 1. The molecule has 2 aliphatic rings. The Balaban J connectivity index is 1.51. The first-order valence-electron chi connectivity index (χ1n) is 9.82. The molecule has 0 aromatic carbocycles. The molecule has 1 unspecified atom stereocenters. The number of rotatable bonds is 4. The number of halogens is 3. The van der Waals surface area contributed by atoms with Gasteiger partial charge in [0.05, 0.1) is 0 Å². The fourth-order valence-electron chi connectivity index (χ4n) is 4.01. The highest BCUT2D eigenvalue weighted by atomic mass is 19.4. The minimum atomic E-state index is -4.59. The van der Waals surface area contributed by atoms with Crippen LogP contribution in [-0.4, -0.2) is 44.9 Å². The van der Waals surface area contributed by atoms with Gasteiger partial charge >= 0.3 is 6.18 Å². The van der Waals surface area contributed by atoms with Gasteiger partial charge in [0, 0.05) is 49.1 Å². The lowest BCUT2D eigenvalue weighted by molar-refractivity contribution is -0.141. The molecule has 2 aromatic heterocycles. The van der Waals surface area contributed by atoms with Crippen LogP contribution in [0.25, 0.3) is 11.4 Å². The summed E-state index contributed by atoms with van der Waals surface area (Å²) < 4.78 is 40.0. The number of alkyl halides is 3. The van der Waals surface area contributed by atoms with Crippen LogP contribution in [-0.2, 0) is 11.0 Å². The van der Waals surface area contributed by atoms with Crippen molar-refractivity contribution < 1.29 is 18.0 Å². The van der Waals surface area contributed by atoms with E-state index in [0.29, 0.717) is 25.1 Å². The lowest BCUT2D eigenvalue weighted by atomic mass is 10.1. The maximum Gasteiger partial charge on any atom is 0.433 e. The Morgan fingerprint density at radius 1 is 1.17 bits per heavy atom. The summed E-state index contributed by atoms with van der Waals surface area (Å²) in [6.45, 7) is 1.09. The quantitative estimate of drug-likeness (QED) is 0.839. The van der Waals surface area contributed by atoms with Gasteiger partial charge in [-0.2, -0.15) is 13.2 Å². The van der Waals surface area contributed by atoms with Gasteiger partial charge in [0.15, 0.2) is 11.5 Å². The Kier molecular flexibility index (Phi) is 5.38. The van der Waals surface area contributed by atoms with Gasteiger partial charge < -0.3 is 10.2 Å². The summed E-state index contributed by atoms with van der Waals surface area (Å²) in [7, 11) is 0. The van der Waals surface area contributed by atoms with Gasteiger partial charge in [-0.25, -0.2) is 9.97 Å². The highest BCUT2D eigenvalue weighted by molar-refractivity contribution is 5.79. The average molecular weight is 405 g/mol. The largest absolute Gasteiger partial charge is 0.433 e. The minimum absolute atomic E-state index is 0.0349. The van der Waals surface area contributed by atoms with Crippen molar-refractivity contribution in [1.82, 2.24) is 19.9 Å². The standard InChI is InChI=1S/C20H22F3N5O/c21-20(22,23)16-10-17(27-18(26-16)14-6-3-8-24-11-14)25-15-7-9-28(12-15)19(29)13-4-1-2-5-13/h3,6,8,10-11,13,15H,1-2,4-5,7,9,12H2,(H,25,26,27). The predicted molar refractivity (Wildman–Crippen MR) is 101 cm³/mol. The van der Waals surface area contributed by atoms with E-state index in [-0.39, 0.29) is 29.5 Å². The molecule has 9 heteroatoms. The summed E-state index contributed by atoms with van der Waals surface area (Å²) in [5.41, 5.74) is -0.600. The van der Waals surface area contributed by atoms with E-state index in [2.05, 4.69) is 20.3 Å². The van der Waals surface area contributed by atoms with Gasteiger partial charge in [0.1, 0.15) is 5.82 Å². The molecule has 1 aliphatic heterocycles. The number of amides is 1. The van der Waals surface area contributed by atoms with Crippen molar-refractivity contribution in [2.45, 2.75) is 44.3 Å². The van der Waals surface area contributed by atoms with Gasteiger partial charge in [-0.3, -0.25) is 9.78 Å². The third-order valence-electron chi connectivity index (χ3n) is 5.49. The van der Waals surface area contributed by atoms with Crippen LogP contribution in [0, 0.1) is 5.92 Å². The van der Waals surface area contributed by atoms with Crippen LogP contribution in [0.4, 0.5) is 19.0 Å². The van der Waals surface area contributed by atoms with Crippen LogP contribution < -0.4 is 5.32 Å². The zero-order chi connectivity index (χ0) is 20.4. The molecular formula is C20H22F3N5O. The number of carbonyl (C=O) groups excluding carboxylic acids is 1. The summed E-state index contributed by atoms with van der Waals surface area (Å²) in [4.78, 5) is 26.3. The van der Waals surface area contributed by atoms with E-state index in [4.69, 9.17) is 0 Å². The molecule has 1 aliphatic carbocycles. The second-order valence-electron chi connectivity index (χ2n) is 7.60. The molecule has 1 saturated carbocycles. The summed E-state index contributed by atoms with van der Waals surface area (Å²) in [6, 6.07) is 4.01. The Morgan fingerprint density at radius 2 is 1.97 bits per heavy atom. The van der Waals surface area contributed by atoms with Crippen molar-refractivity contribution in [3.8, 4) is 11.4 Å². The highest BCUT2D eigenvalue weighted by Gasteiger charge is 2.35. The van der Waals surface area contributed by atoms with Crippen molar-refractivity contribution in [2.24, 2.45) is 5.92 Å². The van der Waals surface area contributed by atoms with E-state index >= 15 is 0 Å². The number of aromatic nitrogens is 3. The number of nitrogens with zero attached hydrogens (tertiary/aromatic N) is 4. The summed E-state index contributed by atoms with van der Waals surface area (Å²) >= 11 is 0. The van der Waals surface area contributed by atoms with Gasteiger partial charge in [0.2, 0.25) is 5.91 Å². The van der Waals surface area contributed by atoms with Crippen molar-refractivity contribution >= 4 is 11.7 Å². The normalized spacial score (nSPS) is 20.2. The van der Waals surface area contributed by atoms with Crippen LogP contribution in [0.5, 0.6) is 0 Å². The molecule has 0 bridgehead atoms. The number of nitrogens with one attached hydrogen (secondary N) is 1. The molecule has 1 saturated heterocycles. The minimum Gasteiger partial charge on any atom is -0.365 e. The van der Waals surface area contributed by atoms with E-state index in [1.165, 1.54) is 12.4 Å². The van der Waals surface area contributed by atoms with Crippen molar-refractivity contribution in [3.05, 3.63) is 36.3 Å². The molecular weight excluding hydrogens is 383 g/mol. The first kappa shape index (κ1) is 19.6. The topological polar surface area (TPSA) is 71.0 Å². The number of hydrogen-bond acceptors (Lipinski definition) is 5. The molecule has 154 valence electrons. The Hall–Kier alpha value is -2.71. The number of likely N-dealkylation sites (tertiary alicyclic amines) is 1. The van der Waals surface area contributed by atoms with E-state index in [9.17, 15) is 18.0 Å². The molecule has 4 rings (SSSR count). The Bertz CT molecular complexity index is 868. The van der Waals surface area contributed by atoms with Crippen molar-refractivity contribution in [2.75, 3.05) is 18.4 Å². The zero-order valence-corrected chi connectivity index (χ0v) is 15.8. The molecule has 1 amide bonds. The van der Waals surface area contributed by atoms with Crippen LogP contribution in [0.15, 0.2) is 30.6 Å². The summed E-state index contributed by atoms with van der Waals surface area (Å²) in [5.74, 6) is 0.335. The number of carbonyl (C=O) groups is 1. The van der Waals surface area contributed by atoms with Crippen molar-refractivity contribution in [1.29, 1.82) is 0 Å². The molecule has 2 aromatic rings. The maximum atomic E-state index is 13.3. The van der Waals surface area contributed by atoms with Crippen LogP contribution >= 0.6 is 0 Å². The second-order valence-corrected chi connectivity index (χ2v) is 7.60. The molecule has 1 atom stereocenters. The third-order valence-corrected chi connectivity index (χ3v) is 5.49. The average Bonchev–Trinajstić information content (AvgIpc) is 3.39. The van der Waals surface area contributed by atoms with E-state index < -0.39 is 11.9 Å². The monoisotopic (exact) mass is 405 g/mol. The number of hydrogen-bond donors (Lipinski definition) is 1. The molecule has 1 N–H and O–H groups in total. The second kappa shape index (κ2) is 7.96. The lowest BCUT2D eigenvalue weighted by Gasteiger charge is -2.21. The van der Waals surface area contributed by atoms with Crippen LogP contribution in [0.2, 0.25) is 0 Å². The van der Waals surface area contributed by atoms with Gasteiger partial charge in [-0.05, 0) is 31.4 Å². The molecule has 3 heterocycles. The predicted octanol–water partition coefficient (Wildman–Crippen LogP) is 3.76. The fraction of sp³-hybridized carbons (Fsp3) is 0.500. The van der Waals surface area contributed by atoms with Gasteiger partial charge in [0.25, 0.3) is 0 Å². The first-order chi connectivity index (χ1) is 13.9. The van der Waals surface area contributed by atoms with E-state index in [0.717, 1.165) is 31.7 Å². The van der Waals surface area contributed by atoms with E-state index in [1.54, 1.807) is 12.1 Å². The summed E-state index contributed by atoms with van der Waals surface area (Å²) in [6.07, 6.45) is 3.09. The zero-order valence-electron chi connectivity index (χ0n) is 15.8. The molecule has 0 spiro atoms. The molecule has 29 heavy (non-hydrogen) atoms. The summed E-state index contributed by atoms with van der Waals surface area (Å²) in [5, 5.41) is 3.07.